The van der Waals surface area contributed by atoms with Crippen molar-refractivity contribution in [2.24, 2.45) is 87.3 Å². The Bertz CT molecular complexity index is 900. The third-order valence-corrected chi connectivity index (χ3v) is 16.1. The lowest BCUT2D eigenvalue weighted by Crippen LogP contribution is -2.77. The Hall–Kier alpha value is -0.120. The van der Waals surface area contributed by atoms with Crippen LogP contribution in [0.1, 0.15) is 127 Å². The molecule has 0 heterocycles. The second-order valence-electron chi connectivity index (χ2n) is 16.9. The molecule has 3 nitrogen and oxygen atoms in total. The van der Waals surface area contributed by atoms with Crippen molar-refractivity contribution >= 4 is 0 Å². The minimum Gasteiger partial charge on any atom is -0.393 e. The van der Waals surface area contributed by atoms with Crippen molar-refractivity contribution in [3.63, 3.8) is 0 Å². The molecule has 0 aromatic heterocycles. The molecule has 5 rings (SSSR count). The molecule has 3 N–H and O–H groups in total. The molecule has 0 spiro atoms. The van der Waals surface area contributed by atoms with Gasteiger partial charge in [0.25, 0.3) is 0 Å². The van der Waals surface area contributed by atoms with Crippen molar-refractivity contribution in [1.29, 1.82) is 0 Å². The van der Waals surface area contributed by atoms with E-state index in [9.17, 15) is 15.3 Å². The molecule has 0 aromatic carbocycles. The van der Waals surface area contributed by atoms with Gasteiger partial charge in [-0.15, -0.1) is 0 Å². The molecule has 5 fully saturated rings. The first-order valence-electron chi connectivity index (χ1n) is 17.8. The van der Waals surface area contributed by atoms with Crippen LogP contribution in [0.15, 0.2) is 0 Å². The smallest absolute Gasteiger partial charge is 0.0657 e. The van der Waals surface area contributed by atoms with Crippen molar-refractivity contribution < 1.29 is 15.3 Å². The van der Waals surface area contributed by atoms with Crippen LogP contribution in [-0.2, 0) is 0 Å². The summed E-state index contributed by atoms with van der Waals surface area (Å²) in [6.07, 6.45) is 9.24. The van der Waals surface area contributed by atoms with Crippen LogP contribution >= 0.6 is 0 Å². The van der Waals surface area contributed by atoms with E-state index in [1.807, 2.05) is 0 Å². The Morgan fingerprint density at radius 2 is 1.48 bits per heavy atom. The molecule has 5 aliphatic carbocycles. The lowest BCUT2D eigenvalue weighted by Gasteiger charge is -2.78. The molecule has 17 atom stereocenters. The van der Waals surface area contributed by atoms with E-state index >= 15 is 0 Å². The number of rotatable bonds is 7. The molecule has 0 aliphatic heterocycles. The summed E-state index contributed by atoms with van der Waals surface area (Å²) in [5, 5.41) is 36.8. The molecule has 5 saturated carbocycles. The molecule has 0 aromatic rings. The van der Waals surface area contributed by atoms with Crippen LogP contribution in [0.4, 0.5) is 0 Å². The first kappa shape index (κ1) is 31.3. The van der Waals surface area contributed by atoms with E-state index in [1.54, 1.807) is 0 Å². The van der Waals surface area contributed by atoms with Crippen molar-refractivity contribution in [2.75, 3.05) is 0 Å². The Balaban J connectivity index is 1.76. The second-order valence-corrected chi connectivity index (χ2v) is 16.9. The lowest BCUT2D eigenvalue weighted by molar-refractivity contribution is -0.340. The summed E-state index contributed by atoms with van der Waals surface area (Å²) in [5.41, 5.74) is -0.362. The van der Waals surface area contributed by atoms with Gasteiger partial charge in [0.2, 0.25) is 0 Å². The van der Waals surface area contributed by atoms with E-state index in [1.165, 1.54) is 38.5 Å². The van der Waals surface area contributed by atoms with Gasteiger partial charge in [-0.1, -0.05) is 94.9 Å². The summed E-state index contributed by atoms with van der Waals surface area (Å²) < 4.78 is 0. The molecule has 40 heavy (non-hydrogen) atoms. The number of hydrogen-bond acceptors (Lipinski definition) is 3. The normalized spacial score (nSPS) is 56.0. The first-order chi connectivity index (χ1) is 18.8. The number of aliphatic hydroxyl groups excluding tert-OH is 3. The monoisotopic (exact) mass is 559 g/mol. The van der Waals surface area contributed by atoms with Crippen LogP contribution in [0.2, 0.25) is 0 Å². The van der Waals surface area contributed by atoms with Gasteiger partial charge in [-0.25, -0.2) is 0 Å². The van der Waals surface area contributed by atoms with Crippen LogP contribution in [0.5, 0.6) is 0 Å². The molecule has 0 bridgehead atoms. The third-order valence-electron chi connectivity index (χ3n) is 16.1. The van der Waals surface area contributed by atoms with Gasteiger partial charge in [0.15, 0.2) is 0 Å². The Morgan fingerprint density at radius 1 is 0.850 bits per heavy atom. The molecule has 232 valence electrons. The van der Waals surface area contributed by atoms with Gasteiger partial charge in [-0.3, -0.25) is 0 Å². The summed E-state index contributed by atoms with van der Waals surface area (Å²) in [5.74, 6) is 5.18. The van der Waals surface area contributed by atoms with Crippen molar-refractivity contribution in [3.8, 4) is 0 Å². The Morgan fingerprint density at radius 3 is 2.02 bits per heavy atom. The van der Waals surface area contributed by atoms with Crippen molar-refractivity contribution in [1.82, 2.24) is 0 Å². The van der Waals surface area contributed by atoms with Crippen molar-refractivity contribution in [2.45, 2.75) is 145 Å². The summed E-state index contributed by atoms with van der Waals surface area (Å²) in [4.78, 5) is 0. The van der Waals surface area contributed by atoms with Gasteiger partial charge >= 0.3 is 0 Å². The maximum Gasteiger partial charge on any atom is 0.0657 e. The minimum atomic E-state index is -0.553. The van der Waals surface area contributed by atoms with E-state index < -0.39 is 12.2 Å². The average Bonchev–Trinajstić information content (AvgIpc) is 3.77. The average molecular weight is 559 g/mol. The number of fused-ring (bicyclic) bond motifs is 3. The van der Waals surface area contributed by atoms with Crippen LogP contribution in [0.3, 0.4) is 0 Å². The quantitative estimate of drug-likeness (QED) is 0.295. The third kappa shape index (κ3) is 3.97. The van der Waals surface area contributed by atoms with Crippen LogP contribution < -0.4 is 0 Å². The standard InChI is InChI=1S/C37H66O3/c1-11-26-22(6)31(28(38)13-3)34(40)37(10)27(12-2)32-33(39)30-20(4)15-14-16-25(30)23(7)35(32,8)29(36(26,37)9)19-21(5)24-17-18-24/h20-34,38-40H,11-19H2,1-10H3/t20?,21?,22-,23-,25?,26+,27?,28-,29-,30?,31?,32?,33?,34?,35-,36+,37?/m1/s1. The maximum atomic E-state index is 12.7. The van der Waals surface area contributed by atoms with E-state index in [0.717, 1.165) is 18.8 Å². The second kappa shape index (κ2) is 10.8. The van der Waals surface area contributed by atoms with Crippen LogP contribution in [0, 0.1) is 87.3 Å². The predicted octanol–water partition coefficient (Wildman–Crippen LogP) is 8.20. The molecular formula is C37H66O3. The molecule has 3 heteroatoms. The van der Waals surface area contributed by atoms with E-state index in [0.29, 0.717) is 47.8 Å². The molecular weight excluding hydrogens is 492 g/mol. The topological polar surface area (TPSA) is 60.7 Å². The fourth-order valence-electron chi connectivity index (χ4n) is 13.8. The van der Waals surface area contributed by atoms with Gasteiger partial charge in [0, 0.05) is 11.3 Å². The predicted molar refractivity (Wildman–Crippen MR) is 165 cm³/mol. The van der Waals surface area contributed by atoms with E-state index in [4.69, 9.17) is 0 Å². The zero-order valence-electron chi connectivity index (χ0n) is 27.9. The summed E-state index contributed by atoms with van der Waals surface area (Å²) in [6.45, 7) is 24.4. The largest absolute Gasteiger partial charge is 0.393 e. The first-order valence-corrected chi connectivity index (χ1v) is 17.8. The number of hydrogen-bond donors (Lipinski definition) is 3. The highest BCUT2D eigenvalue weighted by Gasteiger charge is 2.77. The minimum absolute atomic E-state index is 0.0405. The zero-order chi connectivity index (χ0) is 29.5. The highest BCUT2D eigenvalue weighted by molar-refractivity contribution is 5.24. The fourth-order valence-corrected chi connectivity index (χ4v) is 13.8. The van der Waals surface area contributed by atoms with Gasteiger partial charge in [0.05, 0.1) is 18.3 Å². The number of aliphatic hydroxyl groups is 3. The molecule has 0 amide bonds. The summed E-state index contributed by atoms with van der Waals surface area (Å²) >= 11 is 0. The fraction of sp³-hybridized carbons (Fsp3) is 1.00. The molecule has 5 aliphatic rings. The highest BCUT2D eigenvalue weighted by Crippen LogP contribution is 2.78. The molecule has 0 radical (unpaired) electrons. The Labute approximate surface area is 247 Å². The van der Waals surface area contributed by atoms with Gasteiger partial charge in [-0.05, 0) is 108 Å². The van der Waals surface area contributed by atoms with Gasteiger partial charge < -0.3 is 15.3 Å². The van der Waals surface area contributed by atoms with E-state index in [-0.39, 0.29) is 46.0 Å². The zero-order valence-corrected chi connectivity index (χ0v) is 27.9. The van der Waals surface area contributed by atoms with Crippen LogP contribution in [0.25, 0.3) is 0 Å². The van der Waals surface area contributed by atoms with Crippen LogP contribution in [-0.4, -0.2) is 33.6 Å². The highest BCUT2D eigenvalue weighted by atomic mass is 16.3. The van der Waals surface area contributed by atoms with Crippen molar-refractivity contribution in [3.05, 3.63) is 0 Å². The van der Waals surface area contributed by atoms with Gasteiger partial charge in [0.1, 0.15) is 0 Å². The molecule has 10 unspecified atom stereocenters. The maximum absolute atomic E-state index is 12.7. The SMILES string of the molecule is CCC1C2C(O)C3C(C)CCCC3[C@@H](C)[C@]2(C)[C@@H](CC(C)C2CC2)[C@]2(C)[C@@H](CC)[C@@H](C)C([C@H](O)CC)C(O)C12C. The summed E-state index contributed by atoms with van der Waals surface area (Å²) in [7, 11) is 0. The lowest BCUT2D eigenvalue weighted by atomic mass is 9.27. The van der Waals surface area contributed by atoms with E-state index in [2.05, 4.69) is 69.2 Å². The summed E-state index contributed by atoms with van der Waals surface area (Å²) in [6, 6.07) is 0. The van der Waals surface area contributed by atoms with Gasteiger partial charge in [-0.2, -0.15) is 0 Å². The Kier molecular flexibility index (Phi) is 8.45. The molecule has 0 saturated heterocycles.